The zero-order valence-electron chi connectivity index (χ0n) is 10.8. The second kappa shape index (κ2) is 5.00. The number of nitrogens with one attached hydrogen (secondary N) is 2. The summed E-state index contributed by atoms with van der Waals surface area (Å²) in [6.45, 7) is 0. The second-order valence-electron chi connectivity index (χ2n) is 4.12. The van der Waals surface area contributed by atoms with Gasteiger partial charge in [-0.05, 0) is 12.1 Å². The van der Waals surface area contributed by atoms with Crippen LogP contribution in [0.1, 0.15) is 0 Å². The molecule has 2 N–H and O–H groups in total. The van der Waals surface area contributed by atoms with Crippen molar-refractivity contribution in [1.82, 2.24) is 15.0 Å². The Kier molecular flexibility index (Phi) is 3.04. The lowest BCUT2D eigenvalue weighted by atomic mass is 10.3. The van der Waals surface area contributed by atoms with Gasteiger partial charge in [0.05, 0.1) is 18.2 Å². The molecule has 3 rings (SSSR count). The molecule has 0 aliphatic heterocycles. The number of benzene rings is 1. The third-order valence-corrected chi connectivity index (χ3v) is 2.86. The number of ether oxygens (including phenoxy) is 1. The fourth-order valence-corrected chi connectivity index (χ4v) is 1.89. The molecule has 0 bridgehead atoms. The van der Waals surface area contributed by atoms with Crippen LogP contribution in [0.4, 0.5) is 11.6 Å². The van der Waals surface area contributed by atoms with Crippen LogP contribution in [0, 0.1) is 0 Å². The maximum atomic E-state index is 11.6. The molecule has 0 fully saturated rings. The fourth-order valence-electron chi connectivity index (χ4n) is 1.89. The Bertz CT molecular complexity index is 813. The fraction of sp³-hybridized carbons (Fsp3) is 0.0714. The number of anilines is 2. The van der Waals surface area contributed by atoms with Crippen molar-refractivity contribution in [3.63, 3.8) is 0 Å². The first-order chi connectivity index (χ1) is 9.78. The Labute approximate surface area is 114 Å². The molecular formula is C14H12N4O2. The number of aromatic amines is 1. The third kappa shape index (κ3) is 2.18. The Morgan fingerprint density at radius 1 is 1.25 bits per heavy atom. The number of rotatable bonds is 3. The maximum absolute atomic E-state index is 11.6. The Hall–Kier alpha value is -2.89. The number of hydrogen-bond donors (Lipinski definition) is 2. The van der Waals surface area contributed by atoms with E-state index in [2.05, 4.69) is 20.3 Å². The minimum Gasteiger partial charge on any atom is -0.495 e. The van der Waals surface area contributed by atoms with Crippen LogP contribution in [-0.2, 0) is 0 Å². The summed E-state index contributed by atoms with van der Waals surface area (Å²) in [4.78, 5) is 22.9. The van der Waals surface area contributed by atoms with Crippen molar-refractivity contribution in [1.29, 1.82) is 0 Å². The third-order valence-electron chi connectivity index (χ3n) is 2.86. The summed E-state index contributed by atoms with van der Waals surface area (Å²) in [5.74, 6) is 1.08. The van der Waals surface area contributed by atoms with Crippen LogP contribution >= 0.6 is 0 Å². The van der Waals surface area contributed by atoms with E-state index in [9.17, 15) is 4.79 Å². The smallest absolute Gasteiger partial charge is 0.229 e. The standard InChI is InChI=1S/C14H12N4O2/c1-20-12-5-3-2-4-10(12)17-14-16-8-9-11(19)6-7-15-13(9)18-14/h2-8H,1H3,(H2,15,16,17,18,19). The maximum Gasteiger partial charge on any atom is 0.229 e. The van der Waals surface area contributed by atoms with Crippen LogP contribution in [-0.4, -0.2) is 22.1 Å². The van der Waals surface area contributed by atoms with Crippen LogP contribution < -0.4 is 15.5 Å². The molecule has 20 heavy (non-hydrogen) atoms. The minimum absolute atomic E-state index is 0.109. The van der Waals surface area contributed by atoms with Gasteiger partial charge in [0.15, 0.2) is 5.43 Å². The van der Waals surface area contributed by atoms with E-state index >= 15 is 0 Å². The van der Waals surface area contributed by atoms with Gasteiger partial charge in [-0.15, -0.1) is 0 Å². The summed E-state index contributed by atoms with van der Waals surface area (Å²) in [6.07, 6.45) is 3.06. The molecule has 2 heterocycles. The first-order valence-corrected chi connectivity index (χ1v) is 6.02. The highest BCUT2D eigenvalue weighted by Gasteiger charge is 2.06. The number of para-hydroxylation sites is 2. The predicted octanol–water partition coefficient (Wildman–Crippen LogP) is 2.07. The number of H-pyrrole nitrogens is 1. The highest BCUT2D eigenvalue weighted by Crippen LogP contribution is 2.25. The monoisotopic (exact) mass is 268 g/mol. The highest BCUT2D eigenvalue weighted by molar-refractivity contribution is 5.75. The van der Waals surface area contributed by atoms with E-state index in [-0.39, 0.29) is 5.43 Å². The SMILES string of the molecule is COc1ccccc1Nc1ncc2c(=O)cc[nH]c2n1. The van der Waals surface area contributed by atoms with Crippen molar-refractivity contribution in [3.8, 4) is 5.75 Å². The molecule has 0 spiro atoms. The lowest BCUT2D eigenvalue weighted by Crippen LogP contribution is -2.05. The molecule has 0 amide bonds. The van der Waals surface area contributed by atoms with Crippen molar-refractivity contribution >= 4 is 22.7 Å². The van der Waals surface area contributed by atoms with E-state index in [1.54, 1.807) is 13.3 Å². The Morgan fingerprint density at radius 2 is 2.10 bits per heavy atom. The number of fused-ring (bicyclic) bond motifs is 1. The largest absolute Gasteiger partial charge is 0.495 e. The van der Waals surface area contributed by atoms with Crippen molar-refractivity contribution < 1.29 is 4.74 Å². The lowest BCUT2D eigenvalue weighted by Gasteiger charge is -2.09. The molecule has 0 aliphatic carbocycles. The van der Waals surface area contributed by atoms with Crippen molar-refractivity contribution in [2.24, 2.45) is 0 Å². The van der Waals surface area contributed by atoms with E-state index in [1.807, 2.05) is 24.3 Å². The zero-order chi connectivity index (χ0) is 13.9. The molecule has 6 nitrogen and oxygen atoms in total. The lowest BCUT2D eigenvalue weighted by molar-refractivity contribution is 0.417. The quantitative estimate of drug-likeness (QED) is 0.760. The molecule has 1 aromatic carbocycles. The summed E-state index contributed by atoms with van der Waals surface area (Å²) in [7, 11) is 1.60. The Balaban J connectivity index is 2.01. The number of nitrogens with zero attached hydrogens (tertiary/aromatic N) is 2. The summed E-state index contributed by atoms with van der Waals surface area (Å²) in [6, 6.07) is 8.90. The number of aromatic nitrogens is 3. The van der Waals surface area contributed by atoms with E-state index in [1.165, 1.54) is 12.3 Å². The van der Waals surface area contributed by atoms with Crippen LogP contribution in [0.5, 0.6) is 5.75 Å². The van der Waals surface area contributed by atoms with Gasteiger partial charge in [-0.3, -0.25) is 4.79 Å². The molecule has 0 aliphatic rings. The predicted molar refractivity (Wildman–Crippen MR) is 76.4 cm³/mol. The molecule has 6 heteroatoms. The average molecular weight is 268 g/mol. The average Bonchev–Trinajstić information content (AvgIpc) is 2.48. The molecule has 0 saturated carbocycles. The number of pyridine rings is 1. The molecule has 0 atom stereocenters. The normalized spacial score (nSPS) is 10.4. The zero-order valence-corrected chi connectivity index (χ0v) is 10.8. The van der Waals surface area contributed by atoms with Gasteiger partial charge in [-0.1, -0.05) is 12.1 Å². The van der Waals surface area contributed by atoms with E-state index in [0.29, 0.717) is 22.7 Å². The van der Waals surface area contributed by atoms with Gasteiger partial charge in [0.25, 0.3) is 0 Å². The van der Waals surface area contributed by atoms with Gasteiger partial charge in [0.2, 0.25) is 5.95 Å². The van der Waals surface area contributed by atoms with Gasteiger partial charge in [-0.2, -0.15) is 4.98 Å². The van der Waals surface area contributed by atoms with Gasteiger partial charge in [-0.25, -0.2) is 4.98 Å². The van der Waals surface area contributed by atoms with Crippen molar-refractivity contribution in [2.45, 2.75) is 0 Å². The number of hydrogen-bond acceptors (Lipinski definition) is 5. The van der Waals surface area contributed by atoms with E-state index in [0.717, 1.165) is 5.69 Å². The highest BCUT2D eigenvalue weighted by atomic mass is 16.5. The summed E-state index contributed by atoms with van der Waals surface area (Å²) in [5, 5.41) is 3.52. The topological polar surface area (TPSA) is 79.9 Å². The summed E-state index contributed by atoms with van der Waals surface area (Å²) >= 11 is 0. The number of methoxy groups -OCH3 is 1. The molecule has 0 saturated heterocycles. The van der Waals surface area contributed by atoms with Crippen molar-refractivity contribution in [3.05, 3.63) is 52.9 Å². The van der Waals surface area contributed by atoms with Crippen LogP contribution in [0.15, 0.2) is 47.5 Å². The van der Waals surface area contributed by atoms with Crippen LogP contribution in [0.25, 0.3) is 11.0 Å². The van der Waals surface area contributed by atoms with Crippen LogP contribution in [0.2, 0.25) is 0 Å². The summed E-state index contributed by atoms with van der Waals surface area (Å²) < 4.78 is 5.25. The van der Waals surface area contributed by atoms with Gasteiger partial charge >= 0.3 is 0 Å². The molecular weight excluding hydrogens is 256 g/mol. The molecule has 100 valence electrons. The second-order valence-corrected chi connectivity index (χ2v) is 4.12. The first kappa shape index (κ1) is 12.2. The molecule has 3 aromatic rings. The minimum atomic E-state index is -0.109. The molecule has 2 aromatic heterocycles. The van der Waals surface area contributed by atoms with Gasteiger partial charge in [0.1, 0.15) is 11.4 Å². The Morgan fingerprint density at radius 3 is 2.95 bits per heavy atom. The van der Waals surface area contributed by atoms with Crippen molar-refractivity contribution in [2.75, 3.05) is 12.4 Å². The summed E-state index contributed by atoms with van der Waals surface area (Å²) in [5.41, 5.74) is 1.14. The van der Waals surface area contributed by atoms with E-state index < -0.39 is 0 Å². The van der Waals surface area contributed by atoms with Gasteiger partial charge in [0, 0.05) is 18.5 Å². The molecule has 0 unspecified atom stereocenters. The first-order valence-electron chi connectivity index (χ1n) is 6.02. The van der Waals surface area contributed by atoms with E-state index in [4.69, 9.17) is 4.74 Å². The van der Waals surface area contributed by atoms with Crippen LogP contribution in [0.3, 0.4) is 0 Å². The molecule has 0 radical (unpaired) electrons. The van der Waals surface area contributed by atoms with Gasteiger partial charge < -0.3 is 15.0 Å².